The third-order valence-corrected chi connectivity index (χ3v) is 3.58. The van der Waals surface area contributed by atoms with Gasteiger partial charge in [-0.15, -0.1) is 0 Å². The van der Waals surface area contributed by atoms with Gasteiger partial charge < -0.3 is 23.7 Å². The van der Waals surface area contributed by atoms with Crippen molar-refractivity contribution >= 4 is 0 Å². The van der Waals surface area contributed by atoms with Gasteiger partial charge in [-0.1, -0.05) is 0 Å². The fourth-order valence-corrected chi connectivity index (χ4v) is 2.99. The van der Waals surface area contributed by atoms with Gasteiger partial charge in [0.05, 0.1) is 0 Å². The number of hydrogen-bond acceptors (Lipinski definition) is 7. The summed E-state index contributed by atoms with van der Waals surface area (Å²) in [7, 11) is 0. The number of hydrogen-bond donors (Lipinski definition) is 0. The number of nitro groups is 1. The molecule has 114 valence electrons. The predicted octanol–water partition coefficient (Wildman–Crippen LogP) is 0.660. The van der Waals surface area contributed by atoms with Gasteiger partial charge in [-0.05, 0) is 27.7 Å². The molecule has 0 aromatic heterocycles. The van der Waals surface area contributed by atoms with Crippen molar-refractivity contribution in [1.82, 2.24) is 0 Å². The minimum Gasteiger partial charge on any atom is -0.342 e. The van der Waals surface area contributed by atoms with Crippen LogP contribution in [0.4, 0.5) is 0 Å². The van der Waals surface area contributed by atoms with Gasteiger partial charge in [0.1, 0.15) is 18.3 Å². The average Bonchev–Trinajstić information content (AvgIpc) is 2.73. The lowest BCUT2D eigenvalue weighted by molar-refractivity contribution is -0.499. The van der Waals surface area contributed by atoms with E-state index in [-0.39, 0.29) is 6.54 Å². The minimum absolute atomic E-state index is 0.354. The quantitative estimate of drug-likeness (QED) is 0.545. The fraction of sp³-hybridized carbons (Fsp3) is 1.00. The normalized spacial score (nSPS) is 44.9. The second kappa shape index (κ2) is 4.35. The maximum absolute atomic E-state index is 10.8. The van der Waals surface area contributed by atoms with Gasteiger partial charge in [-0.25, -0.2) is 0 Å². The molecule has 0 bridgehead atoms. The Morgan fingerprint density at radius 1 is 0.950 bits per heavy atom. The zero-order valence-electron chi connectivity index (χ0n) is 11.9. The summed E-state index contributed by atoms with van der Waals surface area (Å²) in [6.45, 7) is 6.73. The highest BCUT2D eigenvalue weighted by atomic mass is 16.9. The first kappa shape index (κ1) is 14.2. The van der Waals surface area contributed by atoms with Crippen LogP contribution >= 0.6 is 0 Å². The molecule has 0 aliphatic carbocycles. The molecule has 8 nitrogen and oxygen atoms in total. The van der Waals surface area contributed by atoms with Crippen molar-refractivity contribution in [2.24, 2.45) is 0 Å². The molecule has 0 aromatic rings. The van der Waals surface area contributed by atoms with Gasteiger partial charge in [0.25, 0.3) is 0 Å². The summed E-state index contributed by atoms with van der Waals surface area (Å²) < 4.78 is 28.7. The molecule has 0 amide bonds. The van der Waals surface area contributed by atoms with Crippen LogP contribution in [0, 0.1) is 10.1 Å². The largest absolute Gasteiger partial charge is 0.342 e. The molecule has 0 aromatic carbocycles. The Morgan fingerprint density at radius 3 is 2.15 bits per heavy atom. The van der Waals surface area contributed by atoms with E-state index in [4.69, 9.17) is 23.7 Å². The lowest BCUT2D eigenvalue weighted by Gasteiger charge is -2.35. The molecule has 3 fully saturated rings. The second-order valence-electron chi connectivity index (χ2n) is 6.22. The van der Waals surface area contributed by atoms with E-state index in [0.29, 0.717) is 0 Å². The number of fused-ring (bicyclic) bond motifs is 3. The van der Waals surface area contributed by atoms with Crippen LogP contribution in [0.15, 0.2) is 0 Å². The molecule has 8 heteroatoms. The highest BCUT2D eigenvalue weighted by Crippen LogP contribution is 2.43. The highest BCUT2D eigenvalue weighted by molar-refractivity contribution is 4.99. The lowest BCUT2D eigenvalue weighted by atomic mass is 9.99. The minimum atomic E-state index is -0.821. The Labute approximate surface area is 116 Å². The van der Waals surface area contributed by atoms with Crippen molar-refractivity contribution in [3.05, 3.63) is 10.1 Å². The van der Waals surface area contributed by atoms with Crippen LogP contribution in [0.1, 0.15) is 27.7 Å². The van der Waals surface area contributed by atoms with E-state index in [1.54, 1.807) is 27.7 Å². The molecule has 3 aliphatic rings. The molecule has 5 atom stereocenters. The standard InChI is InChI=1S/C12H19NO7/c1-11(2)17-7-6(5-13(14)15)16-10-9(8(7)18-11)19-12(3,4)20-10/h6-10H,5H2,1-4H3/t6-,7+,8+,9-,10+/m1/s1. The second-order valence-corrected chi connectivity index (χ2v) is 6.22. The van der Waals surface area contributed by atoms with Gasteiger partial charge >= 0.3 is 0 Å². The summed E-state index contributed by atoms with van der Waals surface area (Å²) in [5.41, 5.74) is 0. The van der Waals surface area contributed by atoms with Crippen LogP contribution < -0.4 is 0 Å². The van der Waals surface area contributed by atoms with Gasteiger partial charge in [-0.3, -0.25) is 10.1 Å². The van der Waals surface area contributed by atoms with Crippen LogP contribution in [0.2, 0.25) is 0 Å². The lowest BCUT2D eigenvalue weighted by Crippen LogP contribution is -2.56. The summed E-state index contributed by atoms with van der Waals surface area (Å²) in [5.74, 6) is -1.63. The van der Waals surface area contributed by atoms with Crippen LogP contribution in [0.25, 0.3) is 0 Å². The molecular weight excluding hydrogens is 270 g/mol. The molecule has 3 aliphatic heterocycles. The monoisotopic (exact) mass is 289 g/mol. The first-order chi connectivity index (χ1) is 9.17. The van der Waals surface area contributed by atoms with E-state index in [0.717, 1.165) is 0 Å². The predicted molar refractivity (Wildman–Crippen MR) is 64.4 cm³/mol. The molecular formula is C12H19NO7. The average molecular weight is 289 g/mol. The zero-order valence-corrected chi connectivity index (χ0v) is 11.9. The molecule has 0 unspecified atom stereocenters. The van der Waals surface area contributed by atoms with Crippen molar-refractivity contribution in [3.63, 3.8) is 0 Å². The molecule has 0 saturated carbocycles. The number of ether oxygens (including phenoxy) is 5. The van der Waals surface area contributed by atoms with E-state index in [2.05, 4.69) is 0 Å². The number of rotatable bonds is 2. The third kappa shape index (κ3) is 2.42. The summed E-state index contributed by atoms with van der Waals surface area (Å²) in [4.78, 5) is 10.4. The third-order valence-electron chi connectivity index (χ3n) is 3.58. The van der Waals surface area contributed by atoms with E-state index < -0.39 is 47.2 Å². The first-order valence-corrected chi connectivity index (χ1v) is 6.65. The highest BCUT2D eigenvalue weighted by Gasteiger charge is 2.61. The maximum atomic E-state index is 10.8. The van der Waals surface area contributed by atoms with Crippen molar-refractivity contribution in [3.8, 4) is 0 Å². The molecule has 0 spiro atoms. The van der Waals surface area contributed by atoms with Gasteiger partial charge in [0, 0.05) is 4.92 Å². The molecule has 20 heavy (non-hydrogen) atoms. The van der Waals surface area contributed by atoms with Crippen molar-refractivity contribution in [2.75, 3.05) is 6.54 Å². The summed E-state index contributed by atoms with van der Waals surface area (Å²) in [6.07, 6.45) is -2.80. The Bertz CT molecular complexity index is 424. The Hall–Kier alpha value is -0.800. The van der Waals surface area contributed by atoms with Gasteiger partial charge in [-0.2, -0.15) is 0 Å². The van der Waals surface area contributed by atoms with Crippen LogP contribution in [0.3, 0.4) is 0 Å². The van der Waals surface area contributed by atoms with Crippen LogP contribution in [0.5, 0.6) is 0 Å². The summed E-state index contributed by atoms with van der Waals surface area (Å²) in [5, 5.41) is 10.8. The Morgan fingerprint density at radius 2 is 1.50 bits per heavy atom. The molecule has 3 heterocycles. The maximum Gasteiger partial charge on any atom is 0.232 e. The molecule has 0 N–H and O–H groups in total. The smallest absolute Gasteiger partial charge is 0.232 e. The summed E-state index contributed by atoms with van der Waals surface area (Å²) >= 11 is 0. The molecule has 0 radical (unpaired) electrons. The molecule has 3 rings (SSSR count). The van der Waals surface area contributed by atoms with Gasteiger partial charge in [0.15, 0.2) is 24.0 Å². The van der Waals surface area contributed by atoms with E-state index in [9.17, 15) is 10.1 Å². The Balaban J connectivity index is 1.86. The zero-order chi connectivity index (χ0) is 14.7. The van der Waals surface area contributed by atoms with Crippen molar-refractivity contribution in [1.29, 1.82) is 0 Å². The van der Waals surface area contributed by atoms with Crippen LogP contribution in [-0.2, 0) is 23.7 Å². The van der Waals surface area contributed by atoms with Gasteiger partial charge in [0.2, 0.25) is 6.54 Å². The Kier molecular flexibility index (Phi) is 3.07. The van der Waals surface area contributed by atoms with E-state index >= 15 is 0 Å². The number of nitrogens with zero attached hydrogens (tertiary/aromatic N) is 1. The summed E-state index contributed by atoms with van der Waals surface area (Å²) in [6, 6.07) is 0. The van der Waals surface area contributed by atoms with Crippen LogP contribution in [-0.4, -0.2) is 53.7 Å². The fourth-order valence-electron chi connectivity index (χ4n) is 2.99. The van der Waals surface area contributed by atoms with Crippen molar-refractivity contribution in [2.45, 2.75) is 70.0 Å². The topological polar surface area (TPSA) is 89.3 Å². The SMILES string of the molecule is CC1(C)O[C@H]2[C@@H](O1)[C@@H](C[N+](=O)[O-])O[C@H]1OC(C)(C)O[C@@H]12. The molecule has 3 saturated heterocycles. The van der Waals surface area contributed by atoms with Crippen molar-refractivity contribution < 1.29 is 28.6 Å². The van der Waals surface area contributed by atoms with E-state index in [1.165, 1.54) is 0 Å². The first-order valence-electron chi connectivity index (χ1n) is 6.65. The van der Waals surface area contributed by atoms with E-state index in [1.807, 2.05) is 0 Å².